The molecule has 1 aliphatic rings. The molecule has 7 aromatic rings. The highest BCUT2D eigenvalue weighted by Gasteiger charge is 2.42. The van der Waals surface area contributed by atoms with Crippen molar-refractivity contribution in [2.45, 2.75) is 197 Å². The first-order valence-electron chi connectivity index (χ1n) is 30.9. The van der Waals surface area contributed by atoms with Gasteiger partial charge in [-0.25, -0.2) is 0 Å². The SMILES string of the molecule is CCCCCCCCC1(CCCCCCCC)c2cc(C)ccc2-c2ccc(C)cc21.Cc1ccc(C(=Cc2cc(CCC(C)CCCC(C)C)c(C=C(c3ccccc3)c3ccc(C)cc3)cc2C)c2ccccc2)cc1. The molecule has 0 aliphatic heterocycles. The number of rotatable bonds is 27. The lowest BCUT2D eigenvalue weighted by molar-refractivity contribution is 0.397. The van der Waals surface area contributed by atoms with E-state index >= 15 is 0 Å². The molecule has 0 saturated carbocycles. The van der Waals surface area contributed by atoms with Gasteiger partial charge in [0, 0.05) is 5.41 Å². The molecule has 0 amide bonds. The van der Waals surface area contributed by atoms with E-state index in [2.05, 4.69) is 239 Å². The highest BCUT2D eigenvalue weighted by atomic mass is 14.4. The molecule has 0 fully saturated rings. The largest absolute Gasteiger partial charge is 0.0654 e. The Kier molecular flexibility index (Phi) is 23.3. The van der Waals surface area contributed by atoms with Crippen LogP contribution < -0.4 is 0 Å². The van der Waals surface area contributed by atoms with Crippen LogP contribution in [0.3, 0.4) is 0 Å². The number of benzene rings is 7. The molecule has 78 heavy (non-hydrogen) atoms. The fraction of sp³-hybridized carbons (Fsp3) is 0.410. The standard InChI is InChI=1S/C47H52.C31H46/c1-34(2)14-13-15-35(3)24-29-43-31-44(32-46(39-16-9-7-10-17-39)41-25-20-36(4)21-26-41)38(6)30-45(43)33-47(40-18-11-8-12-19-40)42-27-22-37(5)23-28-42;1-5-7-9-11-13-15-21-31(22-16-14-12-10-8-6-2)29-23-25(3)17-19-27(29)28-20-18-26(4)24-30(28)31/h7-12,16-23,25-28,30-35H,13-15,24,29H2,1-6H3;17-20,23-24H,5-16,21-22H2,1-4H3. The molecular weight excluding hydrogens is 937 g/mol. The van der Waals surface area contributed by atoms with E-state index in [1.165, 1.54) is 205 Å². The van der Waals surface area contributed by atoms with Crippen LogP contribution in [-0.4, -0.2) is 0 Å². The minimum absolute atomic E-state index is 0.234. The van der Waals surface area contributed by atoms with E-state index in [1.807, 2.05) is 0 Å². The third-order valence-corrected chi connectivity index (χ3v) is 17.0. The number of unbranched alkanes of at least 4 members (excludes halogenated alkanes) is 10. The molecule has 1 atom stereocenters. The maximum atomic E-state index is 2.53. The molecule has 0 spiro atoms. The summed E-state index contributed by atoms with van der Waals surface area (Å²) in [6.07, 6.45) is 30.3. The average Bonchev–Trinajstić information content (AvgIpc) is 3.85. The summed E-state index contributed by atoms with van der Waals surface area (Å²) < 4.78 is 0. The van der Waals surface area contributed by atoms with Gasteiger partial charge in [0.05, 0.1) is 0 Å². The van der Waals surface area contributed by atoms with E-state index in [0.717, 1.165) is 12.3 Å². The van der Waals surface area contributed by atoms with Crippen LogP contribution >= 0.6 is 0 Å². The van der Waals surface area contributed by atoms with Crippen LogP contribution in [0.25, 0.3) is 34.4 Å². The van der Waals surface area contributed by atoms with Crippen LogP contribution in [0.15, 0.2) is 158 Å². The van der Waals surface area contributed by atoms with Gasteiger partial charge in [-0.05, 0) is 162 Å². The van der Waals surface area contributed by atoms with Crippen LogP contribution in [0.4, 0.5) is 0 Å². The summed E-state index contributed by atoms with van der Waals surface area (Å²) >= 11 is 0. The summed E-state index contributed by atoms with van der Waals surface area (Å²) in [4.78, 5) is 0. The first-order valence-corrected chi connectivity index (χ1v) is 30.9. The van der Waals surface area contributed by atoms with Crippen molar-refractivity contribution in [3.63, 3.8) is 0 Å². The summed E-state index contributed by atoms with van der Waals surface area (Å²) in [5.74, 6) is 1.47. The van der Waals surface area contributed by atoms with Crippen molar-refractivity contribution in [1.82, 2.24) is 0 Å². The lowest BCUT2D eigenvalue weighted by atomic mass is 9.70. The van der Waals surface area contributed by atoms with Crippen LogP contribution in [-0.2, 0) is 11.8 Å². The smallest absolute Gasteiger partial charge is 0.0215 e. The number of fused-ring (bicyclic) bond motifs is 3. The lowest BCUT2D eigenvalue weighted by Crippen LogP contribution is -2.25. The highest BCUT2D eigenvalue weighted by Crippen LogP contribution is 2.54. The zero-order valence-corrected chi connectivity index (χ0v) is 50.3. The van der Waals surface area contributed by atoms with Crippen LogP contribution in [0.5, 0.6) is 0 Å². The molecule has 7 aromatic carbocycles. The van der Waals surface area contributed by atoms with Gasteiger partial charge in [-0.3, -0.25) is 0 Å². The van der Waals surface area contributed by atoms with E-state index in [4.69, 9.17) is 0 Å². The Morgan fingerprint density at radius 2 is 0.821 bits per heavy atom. The van der Waals surface area contributed by atoms with E-state index in [-0.39, 0.29) is 5.41 Å². The maximum Gasteiger partial charge on any atom is 0.0215 e. The average molecular weight is 1040 g/mol. The van der Waals surface area contributed by atoms with Gasteiger partial charge in [-0.15, -0.1) is 0 Å². The summed E-state index contributed by atoms with van der Waals surface area (Å²) in [5.41, 5.74) is 24.8. The van der Waals surface area contributed by atoms with Gasteiger partial charge in [0.1, 0.15) is 0 Å². The molecule has 0 aromatic heterocycles. The fourth-order valence-electron chi connectivity index (χ4n) is 12.2. The van der Waals surface area contributed by atoms with Crippen molar-refractivity contribution >= 4 is 23.3 Å². The Balaban J connectivity index is 0.000000246. The van der Waals surface area contributed by atoms with E-state index < -0.39 is 0 Å². The summed E-state index contributed by atoms with van der Waals surface area (Å²) in [7, 11) is 0. The van der Waals surface area contributed by atoms with Crippen molar-refractivity contribution in [2.24, 2.45) is 11.8 Å². The molecule has 0 nitrogen and oxygen atoms in total. The Morgan fingerprint density at radius 3 is 1.28 bits per heavy atom. The van der Waals surface area contributed by atoms with Gasteiger partial charge in [0.25, 0.3) is 0 Å². The molecule has 1 aliphatic carbocycles. The number of hydrogen-bond acceptors (Lipinski definition) is 0. The highest BCUT2D eigenvalue weighted by molar-refractivity contribution is 5.94. The monoisotopic (exact) mass is 1030 g/mol. The number of hydrogen-bond donors (Lipinski definition) is 0. The predicted molar refractivity (Wildman–Crippen MR) is 345 cm³/mol. The van der Waals surface area contributed by atoms with Crippen LogP contribution in [0, 0.1) is 46.5 Å². The summed E-state index contributed by atoms with van der Waals surface area (Å²) in [6.45, 7) is 22.9. The Morgan fingerprint density at radius 1 is 0.397 bits per heavy atom. The van der Waals surface area contributed by atoms with Crippen molar-refractivity contribution < 1.29 is 0 Å². The molecule has 0 N–H and O–H groups in total. The fourth-order valence-corrected chi connectivity index (χ4v) is 12.2. The minimum Gasteiger partial charge on any atom is -0.0654 e. The van der Waals surface area contributed by atoms with E-state index in [0.29, 0.717) is 5.92 Å². The molecule has 0 bridgehead atoms. The third kappa shape index (κ3) is 16.8. The van der Waals surface area contributed by atoms with Gasteiger partial charge in [-0.1, -0.05) is 311 Å². The van der Waals surface area contributed by atoms with Gasteiger partial charge >= 0.3 is 0 Å². The van der Waals surface area contributed by atoms with E-state index in [9.17, 15) is 0 Å². The molecule has 0 heteroatoms. The van der Waals surface area contributed by atoms with Crippen molar-refractivity contribution in [3.8, 4) is 11.1 Å². The Bertz CT molecular complexity index is 2890. The second-order valence-electron chi connectivity index (χ2n) is 24.2. The first kappa shape index (κ1) is 59.7. The first-order chi connectivity index (χ1) is 37.9. The predicted octanol–water partition coefficient (Wildman–Crippen LogP) is 23.3. The molecule has 410 valence electrons. The van der Waals surface area contributed by atoms with Crippen molar-refractivity contribution in [2.75, 3.05) is 0 Å². The van der Waals surface area contributed by atoms with E-state index in [1.54, 1.807) is 11.1 Å². The maximum absolute atomic E-state index is 2.53. The van der Waals surface area contributed by atoms with Gasteiger partial charge in [0.2, 0.25) is 0 Å². The quantitative estimate of drug-likeness (QED) is 0.0356. The molecule has 0 radical (unpaired) electrons. The second kappa shape index (κ2) is 30.4. The van der Waals surface area contributed by atoms with Gasteiger partial charge in [-0.2, -0.15) is 0 Å². The summed E-state index contributed by atoms with van der Waals surface area (Å²) in [6, 6.07) is 59.0. The van der Waals surface area contributed by atoms with Crippen LogP contribution in [0.1, 0.15) is 228 Å². The minimum atomic E-state index is 0.234. The molecule has 1 unspecified atom stereocenters. The van der Waals surface area contributed by atoms with Crippen molar-refractivity contribution in [1.29, 1.82) is 0 Å². The third-order valence-electron chi connectivity index (χ3n) is 17.0. The zero-order chi connectivity index (χ0) is 55.3. The zero-order valence-electron chi connectivity index (χ0n) is 50.3. The topological polar surface area (TPSA) is 0 Å². The Labute approximate surface area is 476 Å². The summed E-state index contributed by atoms with van der Waals surface area (Å²) in [5, 5.41) is 0. The Hall–Kier alpha value is -5.98. The van der Waals surface area contributed by atoms with Gasteiger partial charge < -0.3 is 0 Å². The normalized spacial score (nSPS) is 13.3. The number of aryl methyl sites for hydroxylation is 6. The molecule has 8 rings (SSSR count). The van der Waals surface area contributed by atoms with Crippen molar-refractivity contribution in [3.05, 3.63) is 236 Å². The molecule has 0 saturated heterocycles. The van der Waals surface area contributed by atoms with Gasteiger partial charge in [0.15, 0.2) is 0 Å². The van der Waals surface area contributed by atoms with Crippen LogP contribution in [0.2, 0.25) is 0 Å². The molecule has 0 heterocycles. The second-order valence-corrected chi connectivity index (χ2v) is 24.2. The molecular formula is C78H98. The lowest BCUT2D eigenvalue weighted by Gasteiger charge is -2.33.